The average Bonchev–Trinajstić information content (AvgIpc) is 2.52. The maximum absolute atomic E-state index is 11.7. The Balaban J connectivity index is 2.50. The standard InChI is InChI=1S/C15H21NO5/c1-3-7-12(13(17)14(18)20-2)16-15(19)21-10-11-8-5-4-6-9-11/h4-6,8-9,12-13,17H,3,7,10H2,1-2H3,(H,16,19). The van der Waals surface area contributed by atoms with E-state index >= 15 is 0 Å². The zero-order valence-corrected chi connectivity index (χ0v) is 12.2. The Morgan fingerprint density at radius 2 is 1.95 bits per heavy atom. The van der Waals surface area contributed by atoms with E-state index in [-0.39, 0.29) is 6.61 Å². The zero-order valence-electron chi connectivity index (χ0n) is 12.2. The molecule has 0 heterocycles. The van der Waals surface area contributed by atoms with Gasteiger partial charge in [-0.1, -0.05) is 43.7 Å². The van der Waals surface area contributed by atoms with Gasteiger partial charge in [0.05, 0.1) is 13.2 Å². The number of amides is 1. The summed E-state index contributed by atoms with van der Waals surface area (Å²) in [5.41, 5.74) is 0.855. The minimum Gasteiger partial charge on any atom is -0.467 e. The second-order valence-corrected chi connectivity index (χ2v) is 4.57. The third-order valence-electron chi connectivity index (χ3n) is 2.94. The van der Waals surface area contributed by atoms with E-state index in [1.54, 1.807) is 0 Å². The van der Waals surface area contributed by atoms with Gasteiger partial charge in [0.2, 0.25) is 0 Å². The molecule has 6 nitrogen and oxygen atoms in total. The largest absolute Gasteiger partial charge is 0.467 e. The van der Waals surface area contributed by atoms with Crippen molar-refractivity contribution in [2.24, 2.45) is 0 Å². The fourth-order valence-corrected chi connectivity index (χ4v) is 1.82. The maximum Gasteiger partial charge on any atom is 0.407 e. The van der Waals surface area contributed by atoms with E-state index in [0.717, 1.165) is 5.56 Å². The molecule has 21 heavy (non-hydrogen) atoms. The number of hydrogen-bond donors (Lipinski definition) is 2. The van der Waals surface area contributed by atoms with Gasteiger partial charge >= 0.3 is 12.1 Å². The number of carbonyl (C=O) groups excluding carboxylic acids is 2. The van der Waals surface area contributed by atoms with Crippen LogP contribution in [0.15, 0.2) is 30.3 Å². The number of esters is 1. The number of methoxy groups -OCH3 is 1. The summed E-state index contributed by atoms with van der Waals surface area (Å²) >= 11 is 0. The van der Waals surface area contributed by atoms with Crippen LogP contribution in [0.1, 0.15) is 25.3 Å². The highest BCUT2D eigenvalue weighted by atomic mass is 16.6. The minimum atomic E-state index is -1.40. The zero-order chi connectivity index (χ0) is 15.7. The van der Waals surface area contributed by atoms with Crippen molar-refractivity contribution in [3.8, 4) is 0 Å². The van der Waals surface area contributed by atoms with Crippen LogP contribution < -0.4 is 5.32 Å². The molecule has 0 saturated heterocycles. The van der Waals surface area contributed by atoms with Crippen LogP contribution in [0.2, 0.25) is 0 Å². The quantitative estimate of drug-likeness (QED) is 0.747. The molecule has 1 aromatic rings. The molecule has 2 N–H and O–H groups in total. The number of carbonyl (C=O) groups is 2. The average molecular weight is 295 g/mol. The minimum absolute atomic E-state index is 0.125. The summed E-state index contributed by atoms with van der Waals surface area (Å²) in [5.74, 6) is -0.781. The number of rotatable bonds is 7. The van der Waals surface area contributed by atoms with Gasteiger partial charge in [-0.3, -0.25) is 0 Å². The number of aliphatic hydroxyl groups is 1. The van der Waals surface area contributed by atoms with E-state index in [4.69, 9.17) is 4.74 Å². The molecule has 2 atom stereocenters. The molecule has 0 aliphatic heterocycles. The number of aliphatic hydroxyl groups excluding tert-OH is 1. The van der Waals surface area contributed by atoms with E-state index in [9.17, 15) is 14.7 Å². The van der Waals surface area contributed by atoms with Crippen molar-refractivity contribution in [2.75, 3.05) is 7.11 Å². The van der Waals surface area contributed by atoms with Gasteiger partial charge in [0.25, 0.3) is 0 Å². The molecule has 1 amide bonds. The first kappa shape index (κ1) is 17.0. The second kappa shape index (κ2) is 8.97. The highest BCUT2D eigenvalue weighted by molar-refractivity contribution is 5.76. The molecule has 1 rings (SSSR count). The molecule has 0 aliphatic rings. The molecular formula is C15H21NO5. The lowest BCUT2D eigenvalue weighted by molar-refractivity contribution is -0.152. The van der Waals surface area contributed by atoms with Crippen LogP contribution in [-0.4, -0.2) is 36.4 Å². The predicted octanol–water partition coefficient (Wildman–Crippen LogP) is 1.62. The Morgan fingerprint density at radius 1 is 1.29 bits per heavy atom. The topological polar surface area (TPSA) is 84.9 Å². The molecule has 0 radical (unpaired) electrons. The van der Waals surface area contributed by atoms with Crippen LogP contribution in [0.4, 0.5) is 4.79 Å². The molecule has 116 valence electrons. The fraction of sp³-hybridized carbons (Fsp3) is 0.467. The molecule has 2 unspecified atom stereocenters. The smallest absolute Gasteiger partial charge is 0.407 e. The van der Waals surface area contributed by atoms with E-state index in [0.29, 0.717) is 12.8 Å². The fourth-order valence-electron chi connectivity index (χ4n) is 1.82. The summed E-state index contributed by atoms with van der Waals surface area (Å²) in [5, 5.41) is 12.3. The SMILES string of the molecule is CCCC(NC(=O)OCc1ccccc1)C(O)C(=O)OC. The van der Waals surface area contributed by atoms with Gasteiger partial charge in [-0.2, -0.15) is 0 Å². The first-order valence-electron chi connectivity index (χ1n) is 6.81. The number of alkyl carbamates (subject to hydrolysis) is 1. The Hall–Kier alpha value is -2.08. The van der Waals surface area contributed by atoms with Gasteiger partial charge in [0.1, 0.15) is 6.61 Å². The van der Waals surface area contributed by atoms with Crippen LogP contribution in [0.25, 0.3) is 0 Å². The lowest BCUT2D eigenvalue weighted by Gasteiger charge is -2.21. The molecule has 0 bridgehead atoms. The Kier molecular flexibility index (Phi) is 7.25. The lowest BCUT2D eigenvalue weighted by Crippen LogP contribution is -2.47. The first-order valence-corrected chi connectivity index (χ1v) is 6.81. The number of hydrogen-bond acceptors (Lipinski definition) is 5. The number of benzene rings is 1. The molecule has 0 spiro atoms. The van der Waals surface area contributed by atoms with E-state index in [1.807, 2.05) is 37.3 Å². The van der Waals surface area contributed by atoms with Crippen molar-refractivity contribution < 1.29 is 24.2 Å². The summed E-state index contributed by atoms with van der Waals surface area (Å²) in [6.07, 6.45) is -0.950. The van der Waals surface area contributed by atoms with Gasteiger partial charge in [0.15, 0.2) is 6.10 Å². The molecular weight excluding hydrogens is 274 g/mol. The van der Waals surface area contributed by atoms with Gasteiger partial charge < -0.3 is 19.9 Å². The molecule has 6 heteroatoms. The van der Waals surface area contributed by atoms with Crippen LogP contribution in [0, 0.1) is 0 Å². The maximum atomic E-state index is 11.7. The summed E-state index contributed by atoms with van der Waals surface area (Å²) < 4.78 is 9.52. The summed E-state index contributed by atoms with van der Waals surface area (Å²) in [6, 6.07) is 8.49. The lowest BCUT2D eigenvalue weighted by atomic mass is 10.1. The Labute approximate surface area is 124 Å². The molecule has 0 aromatic heterocycles. The molecule has 1 aromatic carbocycles. The van der Waals surface area contributed by atoms with Crippen LogP contribution in [0.3, 0.4) is 0 Å². The van der Waals surface area contributed by atoms with Gasteiger partial charge in [-0.05, 0) is 12.0 Å². The van der Waals surface area contributed by atoms with Crippen molar-refractivity contribution in [1.29, 1.82) is 0 Å². The third kappa shape index (κ3) is 5.83. The Morgan fingerprint density at radius 3 is 2.52 bits per heavy atom. The van der Waals surface area contributed by atoms with Crippen LogP contribution >= 0.6 is 0 Å². The van der Waals surface area contributed by atoms with Gasteiger partial charge in [-0.15, -0.1) is 0 Å². The van der Waals surface area contributed by atoms with Gasteiger partial charge in [0, 0.05) is 0 Å². The van der Waals surface area contributed by atoms with Crippen molar-refractivity contribution >= 4 is 12.1 Å². The summed E-state index contributed by atoms with van der Waals surface area (Å²) in [7, 11) is 1.18. The highest BCUT2D eigenvalue weighted by Gasteiger charge is 2.28. The predicted molar refractivity (Wildman–Crippen MR) is 76.5 cm³/mol. The molecule has 0 saturated carbocycles. The second-order valence-electron chi connectivity index (χ2n) is 4.57. The van der Waals surface area contributed by atoms with Crippen LogP contribution in [-0.2, 0) is 20.9 Å². The highest BCUT2D eigenvalue weighted by Crippen LogP contribution is 2.06. The number of ether oxygens (including phenoxy) is 2. The van der Waals surface area contributed by atoms with E-state index in [1.165, 1.54) is 7.11 Å². The monoisotopic (exact) mass is 295 g/mol. The van der Waals surface area contributed by atoms with Crippen molar-refractivity contribution in [1.82, 2.24) is 5.32 Å². The molecule has 0 fully saturated rings. The number of nitrogens with one attached hydrogen (secondary N) is 1. The van der Waals surface area contributed by atoms with E-state index in [2.05, 4.69) is 10.1 Å². The summed E-state index contributed by atoms with van der Waals surface area (Å²) in [4.78, 5) is 23.0. The Bertz CT molecular complexity index is 449. The van der Waals surface area contributed by atoms with Crippen molar-refractivity contribution in [2.45, 2.75) is 38.5 Å². The van der Waals surface area contributed by atoms with Gasteiger partial charge in [-0.25, -0.2) is 9.59 Å². The van der Waals surface area contributed by atoms with Crippen molar-refractivity contribution in [3.63, 3.8) is 0 Å². The summed E-state index contributed by atoms with van der Waals surface area (Å²) in [6.45, 7) is 2.01. The van der Waals surface area contributed by atoms with E-state index < -0.39 is 24.2 Å². The third-order valence-corrected chi connectivity index (χ3v) is 2.94. The molecule has 0 aliphatic carbocycles. The first-order chi connectivity index (χ1) is 10.1. The normalized spacial score (nSPS) is 13.1. The van der Waals surface area contributed by atoms with Crippen LogP contribution in [0.5, 0.6) is 0 Å². The van der Waals surface area contributed by atoms with Crippen molar-refractivity contribution in [3.05, 3.63) is 35.9 Å².